The molecule has 154 valence electrons. The molecule has 2 aromatic carbocycles. The molecule has 5 heteroatoms. The van der Waals surface area contributed by atoms with Crippen LogP contribution in [0.15, 0.2) is 60.9 Å². The SMILES string of the molecule is Cc1ccc(-c2cc(Nc3cccc(C(=O)NC4CCCCCC4)c3)ncn2)cc1. The molecular weight excluding hydrogens is 372 g/mol. The third-order valence-electron chi connectivity index (χ3n) is 5.60. The number of aromatic nitrogens is 2. The van der Waals surface area contributed by atoms with Crippen molar-refractivity contribution in [3.8, 4) is 11.3 Å². The number of hydrogen-bond donors (Lipinski definition) is 2. The highest BCUT2D eigenvalue weighted by molar-refractivity contribution is 5.95. The maximum atomic E-state index is 12.7. The molecule has 0 bridgehead atoms. The lowest BCUT2D eigenvalue weighted by atomic mass is 10.1. The van der Waals surface area contributed by atoms with Crippen LogP contribution in [0.4, 0.5) is 11.5 Å². The average Bonchev–Trinajstić information content (AvgIpc) is 3.03. The minimum atomic E-state index is -0.00594. The quantitative estimate of drug-likeness (QED) is 0.543. The van der Waals surface area contributed by atoms with Gasteiger partial charge in [-0.25, -0.2) is 9.97 Å². The second-order valence-electron chi connectivity index (χ2n) is 8.02. The number of carbonyl (C=O) groups is 1. The highest BCUT2D eigenvalue weighted by Gasteiger charge is 2.16. The number of carbonyl (C=O) groups excluding carboxylic acids is 1. The van der Waals surface area contributed by atoms with Gasteiger partial charge in [0.25, 0.3) is 5.91 Å². The van der Waals surface area contributed by atoms with Gasteiger partial charge in [0.2, 0.25) is 0 Å². The van der Waals surface area contributed by atoms with Crippen molar-refractivity contribution < 1.29 is 4.79 Å². The molecule has 0 unspecified atom stereocenters. The third kappa shape index (κ3) is 5.23. The van der Waals surface area contributed by atoms with Gasteiger partial charge in [0.1, 0.15) is 12.1 Å². The van der Waals surface area contributed by atoms with Crippen molar-refractivity contribution >= 4 is 17.4 Å². The van der Waals surface area contributed by atoms with Gasteiger partial charge in [-0.15, -0.1) is 0 Å². The second-order valence-corrected chi connectivity index (χ2v) is 8.02. The summed E-state index contributed by atoms with van der Waals surface area (Å²) in [4.78, 5) is 21.4. The Kier molecular flexibility index (Phi) is 6.38. The predicted molar refractivity (Wildman–Crippen MR) is 121 cm³/mol. The lowest BCUT2D eigenvalue weighted by Crippen LogP contribution is -2.34. The molecule has 4 rings (SSSR count). The van der Waals surface area contributed by atoms with E-state index < -0.39 is 0 Å². The Morgan fingerprint density at radius 1 is 0.933 bits per heavy atom. The summed E-state index contributed by atoms with van der Waals surface area (Å²) in [6, 6.07) is 18.0. The van der Waals surface area contributed by atoms with Gasteiger partial charge in [0.05, 0.1) is 5.69 Å². The van der Waals surface area contributed by atoms with Crippen molar-refractivity contribution in [3.63, 3.8) is 0 Å². The first-order valence-corrected chi connectivity index (χ1v) is 10.7. The van der Waals surface area contributed by atoms with E-state index in [1.165, 1.54) is 31.2 Å². The van der Waals surface area contributed by atoms with Gasteiger partial charge in [0.15, 0.2) is 0 Å². The first kappa shape index (κ1) is 20.1. The van der Waals surface area contributed by atoms with E-state index in [1.807, 2.05) is 30.3 Å². The molecule has 1 amide bonds. The van der Waals surface area contributed by atoms with Crippen LogP contribution >= 0.6 is 0 Å². The van der Waals surface area contributed by atoms with Gasteiger partial charge >= 0.3 is 0 Å². The van der Waals surface area contributed by atoms with Crippen LogP contribution < -0.4 is 10.6 Å². The van der Waals surface area contributed by atoms with Crippen molar-refractivity contribution in [2.24, 2.45) is 0 Å². The van der Waals surface area contributed by atoms with Crippen molar-refractivity contribution in [1.29, 1.82) is 0 Å². The summed E-state index contributed by atoms with van der Waals surface area (Å²) >= 11 is 0. The lowest BCUT2D eigenvalue weighted by Gasteiger charge is -2.16. The van der Waals surface area contributed by atoms with Crippen molar-refractivity contribution in [2.75, 3.05) is 5.32 Å². The standard InChI is InChI=1S/C25H28N4O/c1-18-11-13-19(14-12-18)23-16-24(27-17-26-23)28-22-10-6-7-20(15-22)25(30)29-21-8-4-2-3-5-9-21/h6-7,10-17,21H,2-5,8-9H2,1H3,(H,29,30)(H,26,27,28). The molecule has 3 aromatic rings. The molecule has 1 aliphatic carbocycles. The Labute approximate surface area is 178 Å². The second kappa shape index (κ2) is 9.53. The van der Waals surface area contributed by atoms with Crippen LogP contribution in [0.1, 0.15) is 54.4 Å². The monoisotopic (exact) mass is 400 g/mol. The van der Waals surface area contributed by atoms with Gasteiger partial charge < -0.3 is 10.6 Å². The number of nitrogens with zero attached hydrogens (tertiary/aromatic N) is 2. The van der Waals surface area contributed by atoms with Gasteiger partial charge in [-0.1, -0.05) is 61.6 Å². The Hall–Kier alpha value is -3.21. The molecule has 1 aliphatic rings. The van der Waals surface area contributed by atoms with Crippen molar-refractivity contribution in [3.05, 3.63) is 72.1 Å². The summed E-state index contributed by atoms with van der Waals surface area (Å²) in [5.74, 6) is 0.690. The number of benzene rings is 2. The predicted octanol–water partition coefficient (Wildman–Crippen LogP) is 5.65. The van der Waals surface area contributed by atoms with Gasteiger partial charge in [-0.3, -0.25) is 4.79 Å². The summed E-state index contributed by atoms with van der Waals surface area (Å²) in [7, 11) is 0. The van der Waals surface area contributed by atoms with Crippen molar-refractivity contribution in [1.82, 2.24) is 15.3 Å². The Morgan fingerprint density at radius 2 is 1.70 bits per heavy atom. The fourth-order valence-electron chi connectivity index (χ4n) is 3.89. The molecule has 0 atom stereocenters. The molecule has 0 radical (unpaired) electrons. The van der Waals surface area contributed by atoms with Crippen LogP contribution in [-0.2, 0) is 0 Å². The van der Waals surface area contributed by atoms with Gasteiger partial charge in [-0.05, 0) is 38.0 Å². The largest absolute Gasteiger partial charge is 0.349 e. The molecule has 5 nitrogen and oxygen atoms in total. The highest BCUT2D eigenvalue weighted by atomic mass is 16.1. The number of nitrogens with one attached hydrogen (secondary N) is 2. The smallest absolute Gasteiger partial charge is 0.251 e. The first-order chi connectivity index (χ1) is 14.7. The van der Waals surface area contributed by atoms with Crippen LogP contribution in [0.25, 0.3) is 11.3 Å². The van der Waals surface area contributed by atoms with E-state index in [2.05, 4.69) is 51.8 Å². The van der Waals surface area contributed by atoms with E-state index in [4.69, 9.17) is 0 Å². The molecule has 0 aliphatic heterocycles. The number of anilines is 2. The average molecular weight is 401 g/mol. The summed E-state index contributed by atoms with van der Waals surface area (Å²) in [6.45, 7) is 2.07. The molecular formula is C25H28N4O. The topological polar surface area (TPSA) is 66.9 Å². The molecule has 1 saturated carbocycles. The van der Waals surface area contributed by atoms with Gasteiger partial charge in [-0.2, -0.15) is 0 Å². The lowest BCUT2D eigenvalue weighted by molar-refractivity contribution is 0.0933. The zero-order valence-corrected chi connectivity index (χ0v) is 17.4. The van der Waals surface area contributed by atoms with E-state index in [-0.39, 0.29) is 11.9 Å². The molecule has 2 N–H and O–H groups in total. The molecule has 1 aromatic heterocycles. The molecule has 0 saturated heterocycles. The Bertz CT molecular complexity index is 992. The zero-order valence-electron chi connectivity index (χ0n) is 17.4. The fraction of sp³-hybridized carbons (Fsp3) is 0.320. The van der Waals surface area contributed by atoms with E-state index in [1.54, 1.807) is 6.33 Å². The summed E-state index contributed by atoms with van der Waals surface area (Å²) in [5, 5.41) is 6.51. The van der Waals surface area contributed by atoms with E-state index in [0.717, 1.165) is 29.8 Å². The molecule has 1 fully saturated rings. The van der Waals surface area contributed by atoms with Crippen LogP contribution in [0.5, 0.6) is 0 Å². The normalized spacial score (nSPS) is 14.7. The van der Waals surface area contributed by atoms with E-state index >= 15 is 0 Å². The van der Waals surface area contributed by atoms with Crippen LogP contribution in [0.3, 0.4) is 0 Å². The minimum Gasteiger partial charge on any atom is -0.349 e. The minimum absolute atomic E-state index is 0.00594. The Morgan fingerprint density at radius 3 is 2.47 bits per heavy atom. The first-order valence-electron chi connectivity index (χ1n) is 10.7. The maximum absolute atomic E-state index is 12.7. The third-order valence-corrected chi connectivity index (χ3v) is 5.60. The van der Waals surface area contributed by atoms with E-state index in [9.17, 15) is 4.79 Å². The zero-order chi connectivity index (χ0) is 20.8. The van der Waals surface area contributed by atoms with E-state index in [0.29, 0.717) is 11.4 Å². The van der Waals surface area contributed by atoms with Crippen LogP contribution in [0, 0.1) is 6.92 Å². The number of amides is 1. The maximum Gasteiger partial charge on any atom is 0.251 e. The van der Waals surface area contributed by atoms with Crippen molar-refractivity contribution in [2.45, 2.75) is 51.5 Å². The Balaban J connectivity index is 1.46. The number of aryl methyl sites for hydroxylation is 1. The molecule has 0 spiro atoms. The summed E-state index contributed by atoms with van der Waals surface area (Å²) in [6.07, 6.45) is 8.65. The van der Waals surface area contributed by atoms with Crippen LogP contribution in [0.2, 0.25) is 0 Å². The highest BCUT2D eigenvalue weighted by Crippen LogP contribution is 2.22. The van der Waals surface area contributed by atoms with Gasteiger partial charge in [0, 0.05) is 28.9 Å². The summed E-state index contributed by atoms with van der Waals surface area (Å²) < 4.78 is 0. The van der Waals surface area contributed by atoms with Crippen LogP contribution in [-0.4, -0.2) is 21.9 Å². The summed E-state index contributed by atoms with van der Waals surface area (Å²) in [5.41, 5.74) is 4.61. The number of rotatable bonds is 5. The number of hydrogen-bond acceptors (Lipinski definition) is 4. The molecule has 30 heavy (non-hydrogen) atoms. The fourth-order valence-corrected chi connectivity index (χ4v) is 3.89. The molecule has 1 heterocycles.